The number of amides is 2. The molecule has 0 aliphatic heterocycles. The minimum absolute atomic E-state index is 0.0474. The van der Waals surface area contributed by atoms with E-state index in [-0.39, 0.29) is 22.6 Å². The van der Waals surface area contributed by atoms with Crippen LogP contribution in [0.5, 0.6) is 0 Å². The van der Waals surface area contributed by atoms with Gasteiger partial charge in [-0.1, -0.05) is 42.5 Å². The van der Waals surface area contributed by atoms with Gasteiger partial charge in [-0.25, -0.2) is 0 Å². The number of aromatic nitrogens is 1. The molecule has 4 rings (SSSR count). The molecule has 194 valence electrons. The second kappa shape index (κ2) is 12.1. The summed E-state index contributed by atoms with van der Waals surface area (Å²) in [5.74, 6) is -1.12. The first-order chi connectivity index (χ1) is 18.4. The van der Waals surface area contributed by atoms with Gasteiger partial charge in [-0.05, 0) is 74.2 Å². The highest BCUT2D eigenvalue weighted by Gasteiger charge is 2.22. The third kappa shape index (κ3) is 6.22. The molecule has 8 heteroatoms. The van der Waals surface area contributed by atoms with E-state index in [0.717, 1.165) is 11.1 Å². The number of carbonyl (C=O) groups is 3. The van der Waals surface area contributed by atoms with Gasteiger partial charge in [0.2, 0.25) is 5.91 Å². The highest BCUT2D eigenvalue weighted by Crippen LogP contribution is 2.20. The van der Waals surface area contributed by atoms with E-state index in [0.29, 0.717) is 42.6 Å². The number of aromatic amines is 1. The fourth-order valence-electron chi connectivity index (χ4n) is 4.24. The highest BCUT2D eigenvalue weighted by molar-refractivity contribution is 6.02. The molecule has 3 aromatic carbocycles. The average Bonchev–Trinajstić information content (AvgIpc) is 2.93. The summed E-state index contributed by atoms with van der Waals surface area (Å²) in [7, 11) is 0. The third-order valence-corrected chi connectivity index (χ3v) is 6.35. The average molecular weight is 511 g/mol. The van der Waals surface area contributed by atoms with Crippen LogP contribution in [0, 0.1) is 0 Å². The van der Waals surface area contributed by atoms with Gasteiger partial charge in [0.25, 0.3) is 5.91 Å². The molecule has 1 aromatic heterocycles. The number of carbonyl (C=O) groups excluding carboxylic acids is 3. The molecule has 0 saturated heterocycles. The van der Waals surface area contributed by atoms with Crippen molar-refractivity contribution in [2.45, 2.75) is 32.2 Å². The van der Waals surface area contributed by atoms with Gasteiger partial charge in [0.1, 0.15) is 6.04 Å². The van der Waals surface area contributed by atoms with Crippen LogP contribution in [-0.2, 0) is 4.79 Å². The number of fused-ring (bicyclic) bond motifs is 1. The first kappa shape index (κ1) is 26.5. The second-order valence-electron chi connectivity index (χ2n) is 9.09. The summed E-state index contributed by atoms with van der Waals surface area (Å²) in [6.07, 6.45) is 3.16. The van der Waals surface area contributed by atoms with Crippen molar-refractivity contribution < 1.29 is 14.4 Å². The number of hydrogen-bond acceptors (Lipinski definition) is 5. The Bertz CT molecular complexity index is 1510. The van der Waals surface area contributed by atoms with E-state index in [1.807, 2.05) is 42.5 Å². The number of pyridine rings is 1. The molecule has 0 saturated carbocycles. The van der Waals surface area contributed by atoms with E-state index in [1.165, 1.54) is 19.2 Å². The quantitative estimate of drug-likeness (QED) is 0.187. The number of H-pyrrole nitrogens is 1. The van der Waals surface area contributed by atoms with Crippen LogP contribution in [0.25, 0.3) is 22.0 Å². The summed E-state index contributed by atoms with van der Waals surface area (Å²) < 4.78 is 0. The molecule has 2 amide bonds. The van der Waals surface area contributed by atoms with Crippen LogP contribution in [0.1, 0.15) is 46.9 Å². The van der Waals surface area contributed by atoms with Crippen LogP contribution in [-0.4, -0.2) is 35.2 Å². The van der Waals surface area contributed by atoms with Gasteiger partial charge in [-0.2, -0.15) is 0 Å². The Balaban J connectivity index is 1.51. The first-order valence-electron chi connectivity index (χ1n) is 12.5. The molecular weight excluding hydrogens is 480 g/mol. The lowest BCUT2D eigenvalue weighted by atomic mass is 10.0. The summed E-state index contributed by atoms with van der Waals surface area (Å²) in [5, 5.41) is 5.93. The molecule has 5 N–H and O–H groups in total. The van der Waals surface area contributed by atoms with Crippen LogP contribution in [0.2, 0.25) is 0 Å². The van der Waals surface area contributed by atoms with E-state index in [2.05, 4.69) is 15.6 Å². The number of nitrogens with two attached hydrogens (primary N) is 1. The molecule has 0 spiro atoms. The summed E-state index contributed by atoms with van der Waals surface area (Å²) >= 11 is 0. The van der Waals surface area contributed by atoms with E-state index >= 15 is 0 Å². The van der Waals surface area contributed by atoms with Gasteiger partial charge in [0.05, 0.1) is 5.56 Å². The van der Waals surface area contributed by atoms with Crippen molar-refractivity contribution in [3.05, 3.63) is 100 Å². The zero-order valence-corrected chi connectivity index (χ0v) is 21.1. The third-order valence-electron chi connectivity index (χ3n) is 6.35. The van der Waals surface area contributed by atoms with Crippen molar-refractivity contribution in [1.82, 2.24) is 10.3 Å². The second-order valence-corrected chi connectivity index (χ2v) is 9.09. The minimum Gasteiger partial charge on any atom is -0.360 e. The van der Waals surface area contributed by atoms with Crippen LogP contribution in [0.3, 0.4) is 0 Å². The van der Waals surface area contributed by atoms with Crippen molar-refractivity contribution in [2.24, 2.45) is 5.73 Å². The molecule has 0 aliphatic rings. The van der Waals surface area contributed by atoms with Crippen LogP contribution < -0.4 is 21.8 Å². The Morgan fingerprint density at radius 3 is 2.32 bits per heavy atom. The van der Waals surface area contributed by atoms with Gasteiger partial charge < -0.3 is 21.4 Å². The summed E-state index contributed by atoms with van der Waals surface area (Å²) in [4.78, 5) is 53.6. The maximum Gasteiger partial charge on any atom is 0.251 e. The zero-order valence-electron chi connectivity index (χ0n) is 21.1. The Kier molecular flexibility index (Phi) is 8.45. The summed E-state index contributed by atoms with van der Waals surface area (Å²) in [6.45, 7) is 1.81. The topological polar surface area (TPSA) is 134 Å². The molecule has 0 aliphatic carbocycles. The van der Waals surface area contributed by atoms with Crippen molar-refractivity contribution in [3.8, 4) is 11.1 Å². The van der Waals surface area contributed by atoms with Crippen LogP contribution in [0.15, 0.2) is 83.8 Å². The molecule has 0 fully saturated rings. The Labute approximate surface area is 220 Å². The van der Waals surface area contributed by atoms with Crippen LogP contribution >= 0.6 is 0 Å². The monoisotopic (exact) mass is 510 g/mol. The van der Waals surface area contributed by atoms with Gasteiger partial charge in [0, 0.05) is 28.4 Å². The maximum atomic E-state index is 13.2. The number of rotatable bonds is 10. The molecule has 0 unspecified atom stereocenters. The van der Waals surface area contributed by atoms with Crippen molar-refractivity contribution in [3.63, 3.8) is 0 Å². The molecule has 8 nitrogen and oxygen atoms in total. The normalized spacial score (nSPS) is 11.6. The SMILES string of the molecule is CC(=O)c1c[nH]c2ccc(NC(=O)[C@H](CCCCN)NC(=O)c3ccc(-c4ccccc4)cc3)cc2c1=O. The number of ketones is 1. The molecule has 1 heterocycles. The van der Waals surface area contributed by atoms with Crippen molar-refractivity contribution in [1.29, 1.82) is 0 Å². The lowest BCUT2D eigenvalue weighted by molar-refractivity contribution is -0.118. The summed E-state index contributed by atoms with van der Waals surface area (Å²) in [5.41, 5.74) is 8.67. The van der Waals surface area contributed by atoms with Gasteiger partial charge in [-0.3, -0.25) is 19.2 Å². The number of anilines is 1. The fraction of sp³-hybridized carbons (Fsp3) is 0.200. The minimum atomic E-state index is -0.805. The van der Waals surface area contributed by atoms with E-state index in [9.17, 15) is 19.2 Å². The highest BCUT2D eigenvalue weighted by atomic mass is 16.2. The standard InChI is InChI=1S/C30H30N4O4/c1-19(35)25-18-32-26-15-14-23(17-24(26)28(25)36)33-30(38)27(9-5-6-16-31)34-29(37)22-12-10-21(11-13-22)20-7-3-2-4-8-20/h2-4,7-8,10-15,17-18,27H,5-6,9,16,31H2,1H3,(H,32,36)(H,33,38)(H,34,37)/t27-/m0/s1. The predicted molar refractivity (Wildman–Crippen MR) is 149 cm³/mol. The van der Waals surface area contributed by atoms with E-state index in [1.54, 1.807) is 24.3 Å². The lowest BCUT2D eigenvalue weighted by Crippen LogP contribution is -2.43. The Morgan fingerprint density at radius 1 is 0.921 bits per heavy atom. The fourth-order valence-corrected chi connectivity index (χ4v) is 4.24. The molecule has 38 heavy (non-hydrogen) atoms. The van der Waals surface area contributed by atoms with Crippen molar-refractivity contribution in [2.75, 3.05) is 11.9 Å². The maximum absolute atomic E-state index is 13.2. The number of Topliss-reactive ketones (excluding diaryl/α,β-unsaturated/α-hetero) is 1. The summed E-state index contributed by atoms with van der Waals surface area (Å²) in [6, 6.07) is 21.1. The van der Waals surface area contributed by atoms with Crippen LogP contribution in [0.4, 0.5) is 5.69 Å². The molecule has 4 aromatic rings. The smallest absolute Gasteiger partial charge is 0.251 e. The van der Waals surface area contributed by atoms with Crippen molar-refractivity contribution >= 4 is 34.2 Å². The predicted octanol–water partition coefficient (Wildman–Crippen LogP) is 4.26. The van der Waals surface area contributed by atoms with Gasteiger partial charge in [0.15, 0.2) is 11.2 Å². The number of hydrogen-bond donors (Lipinski definition) is 4. The number of unbranched alkanes of at least 4 members (excludes halogenated alkanes) is 1. The lowest BCUT2D eigenvalue weighted by Gasteiger charge is -2.19. The zero-order chi connectivity index (χ0) is 27.1. The first-order valence-corrected chi connectivity index (χ1v) is 12.5. The van der Waals surface area contributed by atoms with E-state index < -0.39 is 17.4 Å². The Hall–Kier alpha value is -4.56. The molecular formula is C30H30N4O4. The molecule has 1 atom stereocenters. The molecule has 0 radical (unpaired) electrons. The largest absolute Gasteiger partial charge is 0.360 e. The Morgan fingerprint density at radius 2 is 1.63 bits per heavy atom. The van der Waals surface area contributed by atoms with Gasteiger partial charge >= 0.3 is 0 Å². The number of benzene rings is 3. The number of nitrogens with one attached hydrogen (secondary N) is 3. The molecule has 0 bridgehead atoms. The van der Waals surface area contributed by atoms with Gasteiger partial charge in [-0.15, -0.1) is 0 Å². The van der Waals surface area contributed by atoms with E-state index in [4.69, 9.17) is 5.73 Å².